The van der Waals surface area contributed by atoms with Gasteiger partial charge in [-0.3, -0.25) is 19.4 Å². The number of carbonyl (C=O) groups excluding carboxylic acids is 3. The van der Waals surface area contributed by atoms with Gasteiger partial charge in [-0.05, 0) is 29.8 Å². The zero-order chi connectivity index (χ0) is 23.2. The second-order valence-electron chi connectivity index (χ2n) is 7.25. The number of nitrogens with one attached hydrogen (secondary N) is 1. The first-order chi connectivity index (χ1) is 16.0. The van der Waals surface area contributed by atoms with Crippen molar-refractivity contribution in [2.75, 3.05) is 0 Å². The van der Waals surface area contributed by atoms with E-state index in [-0.39, 0.29) is 17.7 Å². The average Bonchev–Trinajstić information content (AvgIpc) is 3.34. The number of carbonyl (C=O) groups is 3. The fourth-order valence-corrected chi connectivity index (χ4v) is 3.36. The van der Waals surface area contributed by atoms with Crippen LogP contribution in [0.5, 0.6) is 0 Å². The number of hydrogen-bond acceptors (Lipinski definition) is 6. The minimum Gasteiger partial charge on any atom is -0.444 e. The Hall–Kier alpha value is -4.59. The fraction of sp³-hybridized carbons (Fsp3) is 0.0800. The van der Waals surface area contributed by atoms with Crippen LogP contribution in [0.4, 0.5) is 0 Å². The van der Waals surface area contributed by atoms with E-state index in [4.69, 9.17) is 10.2 Å². The quantitative estimate of drug-likeness (QED) is 0.406. The number of nitrogens with two attached hydrogens (primary N) is 1. The molecular formula is C25H20N4O4. The molecule has 0 aliphatic carbocycles. The van der Waals surface area contributed by atoms with Crippen molar-refractivity contribution in [2.24, 2.45) is 5.73 Å². The molecule has 8 heteroatoms. The Morgan fingerprint density at radius 3 is 2.33 bits per heavy atom. The minimum atomic E-state index is -1.12. The lowest BCUT2D eigenvalue weighted by Crippen LogP contribution is -2.47. The van der Waals surface area contributed by atoms with Crippen molar-refractivity contribution in [3.63, 3.8) is 0 Å². The maximum Gasteiger partial charge on any atom is 0.287 e. The number of Topliss-reactive ketones (excluding diaryl/α,β-unsaturated/α-hetero) is 1. The predicted molar refractivity (Wildman–Crippen MR) is 121 cm³/mol. The molecule has 0 aliphatic rings. The molecule has 3 N–H and O–H groups in total. The summed E-state index contributed by atoms with van der Waals surface area (Å²) in [6.45, 7) is 0. The van der Waals surface area contributed by atoms with Crippen LogP contribution < -0.4 is 11.1 Å². The van der Waals surface area contributed by atoms with Gasteiger partial charge in [0, 0.05) is 18.2 Å². The topological polar surface area (TPSA) is 128 Å². The highest BCUT2D eigenvalue weighted by Crippen LogP contribution is 2.25. The largest absolute Gasteiger partial charge is 0.444 e. The highest BCUT2D eigenvalue weighted by molar-refractivity contribution is 6.38. The van der Waals surface area contributed by atoms with Gasteiger partial charge in [0.05, 0.1) is 5.56 Å². The molecule has 1 atom stereocenters. The monoisotopic (exact) mass is 440 g/mol. The molecule has 2 aromatic carbocycles. The molecule has 164 valence electrons. The van der Waals surface area contributed by atoms with Crippen molar-refractivity contribution in [3.8, 4) is 22.8 Å². The Kier molecular flexibility index (Phi) is 6.36. The summed E-state index contributed by atoms with van der Waals surface area (Å²) in [7, 11) is 0. The maximum atomic E-state index is 13.1. The van der Waals surface area contributed by atoms with Crippen LogP contribution in [0.25, 0.3) is 22.8 Å². The van der Waals surface area contributed by atoms with E-state index < -0.39 is 23.6 Å². The van der Waals surface area contributed by atoms with Crippen LogP contribution in [0.1, 0.15) is 15.9 Å². The molecule has 0 saturated heterocycles. The molecule has 1 unspecified atom stereocenters. The molecule has 2 heterocycles. The third-order valence-electron chi connectivity index (χ3n) is 4.97. The van der Waals surface area contributed by atoms with Gasteiger partial charge in [-0.1, -0.05) is 48.5 Å². The van der Waals surface area contributed by atoms with Crippen LogP contribution >= 0.6 is 0 Å². The number of ketones is 1. The normalized spacial score (nSPS) is 11.5. The van der Waals surface area contributed by atoms with Crippen LogP contribution in [0.2, 0.25) is 0 Å². The maximum absolute atomic E-state index is 13.1. The Morgan fingerprint density at radius 1 is 0.939 bits per heavy atom. The molecular weight excluding hydrogens is 420 g/mol. The lowest BCUT2D eigenvalue weighted by molar-refractivity contribution is -0.137. The first-order valence-corrected chi connectivity index (χ1v) is 10.2. The number of nitrogens with zero attached hydrogens (tertiary/aromatic N) is 2. The number of rotatable bonds is 8. The molecule has 2 aromatic heterocycles. The van der Waals surface area contributed by atoms with Gasteiger partial charge in [0.1, 0.15) is 23.7 Å². The van der Waals surface area contributed by atoms with Crippen LogP contribution in [0.3, 0.4) is 0 Å². The molecule has 0 fully saturated rings. The van der Waals surface area contributed by atoms with Gasteiger partial charge in [0.25, 0.3) is 11.8 Å². The summed E-state index contributed by atoms with van der Waals surface area (Å²) >= 11 is 0. The zero-order valence-corrected chi connectivity index (χ0v) is 17.5. The molecule has 8 nitrogen and oxygen atoms in total. The molecule has 0 radical (unpaired) electrons. The molecule has 4 rings (SSSR count). The Labute approximate surface area is 189 Å². The smallest absolute Gasteiger partial charge is 0.287 e. The fourth-order valence-electron chi connectivity index (χ4n) is 3.36. The van der Waals surface area contributed by atoms with Crippen molar-refractivity contribution in [3.05, 3.63) is 96.4 Å². The van der Waals surface area contributed by atoms with E-state index in [0.29, 0.717) is 11.6 Å². The summed E-state index contributed by atoms with van der Waals surface area (Å²) in [6.07, 6.45) is 3.06. The zero-order valence-electron chi connectivity index (χ0n) is 17.5. The van der Waals surface area contributed by atoms with Crippen LogP contribution in [-0.4, -0.2) is 33.6 Å². The molecule has 2 amide bonds. The number of oxazole rings is 1. The third-order valence-corrected chi connectivity index (χ3v) is 4.97. The average molecular weight is 440 g/mol. The Balaban J connectivity index is 1.61. The SMILES string of the molecule is NC(=O)C(=O)C(Cc1ccccc1)NC(=O)c1cccnc1-c1coc(-c2ccccc2)n1. The Bertz CT molecular complexity index is 1290. The van der Waals surface area contributed by atoms with Crippen molar-refractivity contribution >= 4 is 17.6 Å². The van der Waals surface area contributed by atoms with Gasteiger partial charge >= 0.3 is 0 Å². The standard InChI is InChI=1S/C25H20N4O4/c26-23(31)22(30)19(14-16-8-3-1-4-9-16)28-24(32)18-12-7-13-27-21(18)20-15-33-25(29-20)17-10-5-2-6-11-17/h1-13,15,19H,14H2,(H2,26,31)(H,28,32). The van der Waals surface area contributed by atoms with Crippen molar-refractivity contribution in [2.45, 2.75) is 12.5 Å². The Morgan fingerprint density at radius 2 is 1.64 bits per heavy atom. The van der Waals surface area contributed by atoms with E-state index in [1.54, 1.807) is 36.4 Å². The summed E-state index contributed by atoms with van der Waals surface area (Å²) in [5.41, 5.74) is 7.58. The van der Waals surface area contributed by atoms with E-state index >= 15 is 0 Å². The summed E-state index contributed by atoms with van der Waals surface area (Å²) in [6, 6.07) is 20.4. The molecule has 0 bridgehead atoms. The lowest BCUT2D eigenvalue weighted by Gasteiger charge is -2.17. The first kappa shape index (κ1) is 21.6. The van der Waals surface area contributed by atoms with E-state index in [1.165, 1.54) is 12.5 Å². The van der Waals surface area contributed by atoms with Gasteiger partial charge in [-0.15, -0.1) is 0 Å². The van der Waals surface area contributed by atoms with Crippen molar-refractivity contribution in [1.29, 1.82) is 0 Å². The predicted octanol–water partition coefficient (Wildman–Crippen LogP) is 2.80. The number of benzene rings is 2. The number of amides is 2. The van der Waals surface area contributed by atoms with Crippen LogP contribution in [-0.2, 0) is 16.0 Å². The summed E-state index contributed by atoms with van der Waals surface area (Å²) in [5, 5.41) is 2.62. The third kappa shape index (κ3) is 5.01. The molecule has 0 saturated carbocycles. The van der Waals surface area contributed by atoms with Gasteiger partial charge in [-0.2, -0.15) is 0 Å². The molecule has 33 heavy (non-hydrogen) atoms. The highest BCUT2D eigenvalue weighted by Gasteiger charge is 2.27. The van der Waals surface area contributed by atoms with Gasteiger partial charge in [0.15, 0.2) is 0 Å². The summed E-state index contributed by atoms with van der Waals surface area (Å²) < 4.78 is 5.57. The van der Waals surface area contributed by atoms with Gasteiger partial charge < -0.3 is 15.5 Å². The summed E-state index contributed by atoms with van der Waals surface area (Å²) in [4.78, 5) is 45.8. The van der Waals surface area contributed by atoms with Crippen molar-refractivity contribution in [1.82, 2.24) is 15.3 Å². The van der Waals surface area contributed by atoms with Gasteiger partial charge in [-0.25, -0.2) is 4.98 Å². The van der Waals surface area contributed by atoms with E-state index in [0.717, 1.165) is 11.1 Å². The highest BCUT2D eigenvalue weighted by atomic mass is 16.3. The van der Waals surface area contributed by atoms with E-state index in [9.17, 15) is 14.4 Å². The molecule has 0 spiro atoms. The first-order valence-electron chi connectivity index (χ1n) is 10.2. The van der Waals surface area contributed by atoms with E-state index in [2.05, 4.69) is 15.3 Å². The molecule has 0 aliphatic heterocycles. The number of primary amides is 1. The van der Waals surface area contributed by atoms with Gasteiger partial charge in [0.2, 0.25) is 11.7 Å². The lowest BCUT2D eigenvalue weighted by atomic mass is 10.0. The second kappa shape index (κ2) is 9.69. The van der Waals surface area contributed by atoms with Crippen molar-refractivity contribution < 1.29 is 18.8 Å². The van der Waals surface area contributed by atoms with E-state index in [1.807, 2.05) is 36.4 Å². The number of pyridine rings is 1. The number of aromatic nitrogens is 2. The second-order valence-corrected chi connectivity index (χ2v) is 7.25. The number of hydrogen-bond donors (Lipinski definition) is 2. The summed E-state index contributed by atoms with van der Waals surface area (Å²) in [5.74, 6) is -2.21. The van der Waals surface area contributed by atoms with Crippen LogP contribution in [0, 0.1) is 0 Å². The molecule has 4 aromatic rings. The van der Waals surface area contributed by atoms with Crippen LogP contribution in [0.15, 0.2) is 89.7 Å². The minimum absolute atomic E-state index is 0.117.